The molecule has 31 heavy (non-hydrogen) atoms. The van der Waals surface area contributed by atoms with Crippen molar-refractivity contribution in [2.45, 2.75) is 62.8 Å². The number of rotatable bonds is 4. The minimum absolute atomic E-state index is 0.0639. The number of thioether (sulfide) groups is 1. The zero-order valence-electron chi connectivity index (χ0n) is 17.3. The van der Waals surface area contributed by atoms with Gasteiger partial charge in [0.2, 0.25) is 11.4 Å². The van der Waals surface area contributed by atoms with Crippen LogP contribution in [0.4, 0.5) is 17.6 Å². The molecule has 1 aliphatic rings. The van der Waals surface area contributed by atoms with Crippen molar-refractivity contribution in [3.05, 3.63) is 34.3 Å². The Balaban J connectivity index is 2.63. The molecule has 0 bridgehead atoms. The number of aliphatic hydroxyl groups excluding tert-OH is 1. The number of hydrogen-bond acceptors (Lipinski definition) is 4. The summed E-state index contributed by atoms with van der Waals surface area (Å²) in [6, 6.07) is 3.16. The van der Waals surface area contributed by atoms with E-state index in [9.17, 15) is 27.5 Å². The van der Waals surface area contributed by atoms with Crippen LogP contribution >= 0.6 is 27.7 Å². The van der Waals surface area contributed by atoms with Gasteiger partial charge in [0.25, 0.3) is 0 Å². The minimum Gasteiger partial charge on any atom is -0.391 e. The molecule has 0 aliphatic carbocycles. The molecule has 1 unspecified atom stereocenters. The van der Waals surface area contributed by atoms with E-state index in [1.54, 1.807) is 0 Å². The monoisotopic (exact) mass is 524 g/mol. The first-order valence-electron chi connectivity index (χ1n) is 9.61. The van der Waals surface area contributed by atoms with Crippen molar-refractivity contribution in [3.8, 4) is 11.8 Å². The number of carbonyl (C=O) groups is 1. The maximum Gasteiger partial charge on any atom is 0.422 e. The van der Waals surface area contributed by atoms with Crippen LogP contribution in [0.2, 0.25) is 0 Å². The summed E-state index contributed by atoms with van der Waals surface area (Å²) in [6.07, 6.45) is -6.37. The van der Waals surface area contributed by atoms with E-state index in [4.69, 9.17) is 0 Å². The van der Waals surface area contributed by atoms with Crippen LogP contribution < -0.4 is 10.6 Å². The largest absolute Gasteiger partial charge is 0.422 e. The van der Waals surface area contributed by atoms with Gasteiger partial charge in [-0.2, -0.15) is 13.2 Å². The van der Waals surface area contributed by atoms with Crippen LogP contribution in [0.1, 0.15) is 32.8 Å². The zero-order valence-corrected chi connectivity index (χ0v) is 19.7. The second-order valence-electron chi connectivity index (χ2n) is 8.05. The lowest BCUT2D eigenvalue weighted by Crippen LogP contribution is -2.62. The van der Waals surface area contributed by atoms with Crippen LogP contribution in [0.25, 0.3) is 0 Å². The lowest BCUT2D eigenvalue weighted by atomic mass is 9.87. The molecular formula is C21H25BrF4N2O2S. The average Bonchev–Trinajstić information content (AvgIpc) is 2.65. The maximum atomic E-state index is 14.5. The van der Waals surface area contributed by atoms with E-state index in [0.29, 0.717) is 4.47 Å². The highest BCUT2D eigenvalue weighted by atomic mass is 79.9. The molecule has 0 spiro atoms. The number of nitrogens with one attached hydrogen (secondary N) is 2. The van der Waals surface area contributed by atoms with Crippen molar-refractivity contribution in [2.24, 2.45) is 0 Å². The molecular weight excluding hydrogens is 500 g/mol. The first-order chi connectivity index (χ1) is 14.2. The standard InChI is InChI=1S/C21H25BrF4N2O2S/c1-13(29)17-12-31-10-4-9-20(21(24,25)26,14-5-7-15(22)8-6-14)28-16(18(30)27-17)11-19(2,3)23/h5-8,13,16-17,28-29H,10-12H2,1-3H3,(H,27,30)/t13?,16-,17-,20-/m0/s1. The predicted octanol–water partition coefficient (Wildman–Crippen LogP) is 3.92. The Bertz CT molecular complexity index is 831. The van der Waals surface area contributed by atoms with E-state index in [2.05, 4.69) is 38.4 Å². The third-order valence-electron chi connectivity index (χ3n) is 4.76. The summed E-state index contributed by atoms with van der Waals surface area (Å²) >= 11 is 4.40. The Morgan fingerprint density at radius 1 is 1.29 bits per heavy atom. The second kappa shape index (κ2) is 10.1. The van der Waals surface area contributed by atoms with Gasteiger partial charge in [0.1, 0.15) is 5.67 Å². The predicted molar refractivity (Wildman–Crippen MR) is 117 cm³/mol. The second-order valence-corrected chi connectivity index (χ2v) is 9.99. The van der Waals surface area contributed by atoms with E-state index in [1.807, 2.05) is 0 Å². The van der Waals surface area contributed by atoms with Gasteiger partial charge in [-0.3, -0.25) is 10.1 Å². The molecule has 1 amide bonds. The summed E-state index contributed by atoms with van der Waals surface area (Å²) in [5, 5.41) is 14.9. The van der Waals surface area contributed by atoms with Gasteiger partial charge < -0.3 is 10.4 Å². The molecule has 172 valence electrons. The molecule has 4 nitrogen and oxygen atoms in total. The van der Waals surface area contributed by atoms with Gasteiger partial charge in [0.15, 0.2) is 0 Å². The zero-order chi connectivity index (χ0) is 23.4. The highest BCUT2D eigenvalue weighted by molar-refractivity contribution is 9.10. The van der Waals surface area contributed by atoms with Gasteiger partial charge >= 0.3 is 6.18 Å². The van der Waals surface area contributed by atoms with Crippen LogP contribution in [0.15, 0.2) is 28.7 Å². The van der Waals surface area contributed by atoms with E-state index >= 15 is 0 Å². The Morgan fingerprint density at radius 2 is 1.90 bits per heavy atom. The van der Waals surface area contributed by atoms with Crippen LogP contribution in [0, 0.1) is 11.8 Å². The first-order valence-corrected chi connectivity index (χ1v) is 11.6. The Kier molecular flexibility index (Phi) is 8.47. The normalized spacial score (nSPS) is 26.8. The smallest absolute Gasteiger partial charge is 0.391 e. The molecule has 0 aromatic heterocycles. The van der Waals surface area contributed by atoms with E-state index in [1.165, 1.54) is 56.8 Å². The molecule has 0 fully saturated rings. The van der Waals surface area contributed by atoms with E-state index < -0.39 is 47.9 Å². The molecule has 0 saturated heterocycles. The molecule has 0 saturated carbocycles. The van der Waals surface area contributed by atoms with Gasteiger partial charge in [-0.15, -0.1) is 11.8 Å². The van der Waals surface area contributed by atoms with Gasteiger partial charge in [0.05, 0.1) is 23.9 Å². The Morgan fingerprint density at radius 3 is 2.42 bits per heavy atom. The topological polar surface area (TPSA) is 61.4 Å². The summed E-state index contributed by atoms with van der Waals surface area (Å²) in [5.41, 5.74) is -5.03. The fourth-order valence-corrected chi connectivity index (χ4v) is 4.33. The summed E-state index contributed by atoms with van der Waals surface area (Å²) < 4.78 is 58.6. The number of halogens is 5. The van der Waals surface area contributed by atoms with Gasteiger partial charge in [-0.1, -0.05) is 39.9 Å². The van der Waals surface area contributed by atoms with Crippen molar-refractivity contribution in [3.63, 3.8) is 0 Å². The molecule has 1 aliphatic heterocycles. The van der Waals surface area contributed by atoms with Crippen molar-refractivity contribution < 1.29 is 27.5 Å². The number of benzene rings is 1. The number of aliphatic hydroxyl groups is 1. The van der Waals surface area contributed by atoms with Gasteiger partial charge in [0, 0.05) is 16.6 Å². The fraction of sp³-hybridized carbons (Fsp3) is 0.571. The summed E-state index contributed by atoms with van der Waals surface area (Å²) in [4.78, 5) is 13.0. The SMILES string of the molecule is CC(O)[C@@H]1CSCC#C[C@](c2ccc(Br)cc2)(C(F)(F)F)N[C@@H](CC(C)(C)F)C(=O)N1. The molecule has 1 aromatic carbocycles. The lowest BCUT2D eigenvalue weighted by Gasteiger charge is -2.37. The number of carbonyl (C=O) groups excluding carboxylic acids is 1. The quantitative estimate of drug-likeness (QED) is 0.412. The van der Waals surface area contributed by atoms with Gasteiger partial charge in [-0.25, -0.2) is 4.39 Å². The molecule has 4 atom stereocenters. The number of alkyl halides is 4. The highest BCUT2D eigenvalue weighted by Crippen LogP contribution is 2.40. The summed E-state index contributed by atoms with van der Waals surface area (Å²) in [7, 11) is 0. The maximum absolute atomic E-state index is 14.5. The number of hydrogen-bond donors (Lipinski definition) is 3. The summed E-state index contributed by atoms with van der Waals surface area (Å²) in [6.45, 7) is 3.85. The van der Waals surface area contributed by atoms with Crippen LogP contribution in [0.3, 0.4) is 0 Å². The summed E-state index contributed by atoms with van der Waals surface area (Å²) in [5.74, 6) is 4.34. The minimum atomic E-state index is -4.91. The van der Waals surface area contributed by atoms with Crippen molar-refractivity contribution in [2.75, 3.05) is 11.5 Å². The Labute approximate surface area is 192 Å². The molecule has 1 heterocycles. The van der Waals surface area contributed by atoms with Crippen molar-refractivity contribution in [1.29, 1.82) is 0 Å². The van der Waals surface area contributed by atoms with Crippen LogP contribution in [0.5, 0.6) is 0 Å². The third-order valence-corrected chi connectivity index (χ3v) is 6.23. The van der Waals surface area contributed by atoms with E-state index in [0.717, 1.165) is 0 Å². The average molecular weight is 525 g/mol. The molecule has 10 heteroatoms. The van der Waals surface area contributed by atoms with Crippen LogP contribution in [-0.2, 0) is 10.3 Å². The fourth-order valence-electron chi connectivity index (χ4n) is 3.15. The lowest BCUT2D eigenvalue weighted by molar-refractivity contribution is -0.185. The van der Waals surface area contributed by atoms with Crippen LogP contribution in [-0.4, -0.2) is 52.6 Å². The molecule has 2 rings (SSSR count). The van der Waals surface area contributed by atoms with Crippen molar-refractivity contribution in [1.82, 2.24) is 10.6 Å². The molecule has 1 aromatic rings. The van der Waals surface area contributed by atoms with Crippen molar-refractivity contribution >= 4 is 33.6 Å². The Hall–Kier alpha value is -1.28. The third kappa shape index (κ3) is 6.85. The number of amides is 1. The van der Waals surface area contributed by atoms with E-state index in [-0.39, 0.29) is 17.1 Å². The first kappa shape index (κ1) is 26.0. The molecule has 0 radical (unpaired) electrons. The highest BCUT2D eigenvalue weighted by Gasteiger charge is 2.57. The van der Waals surface area contributed by atoms with Gasteiger partial charge in [-0.05, 0) is 38.5 Å². The molecule has 3 N–H and O–H groups in total.